The molecule has 0 unspecified atom stereocenters. The number of allylic oxidation sites excluding steroid dienone is 2. The number of anilines is 1. The summed E-state index contributed by atoms with van der Waals surface area (Å²) in [5, 5.41) is 5.22. The Bertz CT molecular complexity index is 745. The highest BCUT2D eigenvalue weighted by molar-refractivity contribution is 6.06. The van der Waals surface area contributed by atoms with E-state index in [0.717, 1.165) is 30.4 Å². The van der Waals surface area contributed by atoms with E-state index < -0.39 is 0 Å². The molecule has 0 N–H and O–H groups in total. The monoisotopic (exact) mass is 339 g/mol. The van der Waals surface area contributed by atoms with Crippen molar-refractivity contribution < 1.29 is 14.0 Å². The minimum Gasteiger partial charge on any atom is -0.440 e. The molecule has 5 rings (SSSR count). The predicted octanol–water partition coefficient (Wildman–Crippen LogP) is 2.41. The van der Waals surface area contributed by atoms with Crippen LogP contribution in [0.15, 0.2) is 33.8 Å². The molecular weight excluding hydrogens is 318 g/mol. The summed E-state index contributed by atoms with van der Waals surface area (Å²) < 4.78 is 5.82. The molecule has 2 amide bonds. The van der Waals surface area contributed by atoms with Gasteiger partial charge in [-0.05, 0) is 43.6 Å². The Morgan fingerprint density at radius 1 is 1.00 bits per heavy atom. The van der Waals surface area contributed by atoms with E-state index >= 15 is 0 Å². The van der Waals surface area contributed by atoms with Gasteiger partial charge in [-0.3, -0.25) is 9.59 Å². The number of imide groups is 1. The first kappa shape index (κ1) is 14.9. The zero-order valence-corrected chi connectivity index (χ0v) is 14.0. The lowest BCUT2D eigenvalue weighted by Crippen LogP contribution is -2.28. The van der Waals surface area contributed by atoms with Gasteiger partial charge in [-0.1, -0.05) is 12.2 Å². The van der Waals surface area contributed by atoms with Gasteiger partial charge in [0.1, 0.15) is 5.76 Å². The Kier molecular flexibility index (Phi) is 3.33. The maximum atomic E-state index is 12.6. The van der Waals surface area contributed by atoms with Gasteiger partial charge in [-0.2, -0.15) is 10.1 Å². The number of nitrogens with zero attached hydrogens (tertiary/aromatic N) is 3. The van der Waals surface area contributed by atoms with Crippen molar-refractivity contribution in [2.75, 3.05) is 18.0 Å². The summed E-state index contributed by atoms with van der Waals surface area (Å²) in [7, 11) is 0. The molecule has 2 saturated heterocycles. The molecule has 0 radical (unpaired) electrons. The first-order chi connectivity index (χ1) is 12.2. The number of carbonyl (C=O) groups excluding carboxylic acids is 2. The van der Waals surface area contributed by atoms with Crippen LogP contribution in [0, 0.1) is 23.7 Å². The zero-order chi connectivity index (χ0) is 17.0. The van der Waals surface area contributed by atoms with Crippen molar-refractivity contribution in [3.8, 4) is 0 Å². The molecule has 2 aliphatic carbocycles. The number of amides is 2. The van der Waals surface area contributed by atoms with E-state index in [0.29, 0.717) is 5.76 Å². The first-order valence-corrected chi connectivity index (χ1v) is 9.17. The predicted molar refractivity (Wildman–Crippen MR) is 91.9 cm³/mol. The number of carbonyl (C=O) groups is 2. The van der Waals surface area contributed by atoms with E-state index in [-0.39, 0.29) is 35.5 Å². The molecule has 6 nitrogen and oxygen atoms in total. The quantitative estimate of drug-likeness (QED) is 0.482. The minimum atomic E-state index is -0.208. The Morgan fingerprint density at radius 3 is 2.36 bits per heavy atom. The van der Waals surface area contributed by atoms with Crippen molar-refractivity contribution in [1.29, 1.82) is 0 Å². The van der Waals surface area contributed by atoms with Crippen molar-refractivity contribution in [1.82, 2.24) is 5.01 Å². The van der Waals surface area contributed by atoms with Crippen molar-refractivity contribution in [3.05, 3.63) is 30.0 Å². The first-order valence-electron chi connectivity index (χ1n) is 9.17. The van der Waals surface area contributed by atoms with Crippen LogP contribution >= 0.6 is 0 Å². The van der Waals surface area contributed by atoms with Crippen LogP contribution in [0.5, 0.6) is 0 Å². The molecule has 2 aliphatic heterocycles. The van der Waals surface area contributed by atoms with E-state index in [1.807, 2.05) is 12.1 Å². The maximum absolute atomic E-state index is 12.6. The van der Waals surface area contributed by atoms with E-state index in [9.17, 15) is 9.59 Å². The summed E-state index contributed by atoms with van der Waals surface area (Å²) in [5.41, 5.74) is 0. The van der Waals surface area contributed by atoms with Crippen LogP contribution in [0.3, 0.4) is 0 Å². The Labute approximate surface area is 146 Å². The topological polar surface area (TPSA) is 66.1 Å². The molecule has 2 bridgehead atoms. The van der Waals surface area contributed by atoms with Crippen molar-refractivity contribution >= 4 is 23.9 Å². The molecule has 1 aromatic rings. The van der Waals surface area contributed by atoms with Gasteiger partial charge in [0.2, 0.25) is 0 Å². The van der Waals surface area contributed by atoms with Gasteiger partial charge in [-0.15, -0.1) is 0 Å². The largest absolute Gasteiger partial charge is 0.440 e. The number of piperidine rings is 1. The van der Waals surface area contributed by atoms with E-state index in [2.05, 4.69) is 22.2 Å². The van der Waals surface area contributed by atoms with E-state index in [1.165, 1.54) is 25.5 Å². The van der Waals surface area contributed by atoms with Crippen LogP contribution in [0.4, 0.5) is 5.88 Å². The fourth-order valence-corrected chi connectivity index (χ4v) is 4.81. The van der Waals surface area contributed by atoms with Crippen LogP contribution in [0.25, 0.3) is 0 Å². The molecule has 1 saturated carbocycles. The van der Waals surface area contributed by atoms with Gasteiger partial charge in [0.15, 0.2) is 5.88 Å². The second-order valence-electron chi connectivity index (χ2n) is 7.46. The van der Waals surface area contributed by atoms with Crippen LogP contribution in [0.1, 0.15) is 31.4 Å². The summed E-state index contributed by atoms with van der Waals surface area (Å²) in [5.74, 6) is 1.08. The molecule has 3 heterocycles. The van der Waals surface area contributed by atoms with Gasteiger partial charge >= 0.3 is 0 Å². The van der Waals surface area contributed by atoms with Crippen LogP contribution in [-0.2, 0) is 9.59 Å². The summed E-state index contributed by atoms with van der Waals surface area (Å²) in [6.07, 6.45) is 10.2. The van der Waals surface area contributed by atoms with Gasteiger partial charge in [0.05, 0.1) is 18.1 Å². The standard InChI is InChI=1S/C19H21N3O3/c23-18-16-12-4-5-13(10-12)17(16)19(24)22(18)20-11-14-6-7-15(25-14)21-8-2-1-3-9-21/h4-7,11-13,16-17H,1-3,8-10H2/b20-11-/t12-,13-,16+,17+/m0/s1. The highest BCUT2D eigenvalue weighted by Gasteiger charge is 2.59. The summed E-state index contributed by atoms with van der Waals surface area (Å²) in [4.78, 5) is 27.4. The molecule has 3 fully saturated rings. The van der Waals surface area contributed by atoms with Crippen LogP contribution < -0.4 is 4.90 Å². The third-order valence-corrected chi connectivity index (χ3v) is 6.03. The van der Waals surface area contributed by atoms with Gasteiger partial charge < -0.3 is 9.32 Å². The van der Waals surface area contributed by atoms with Gasteiger partial charge in [0.25, 0.3) is 11.8 Å². The van der Waals surface area contributed by atoms with Crippen LogP contribution in [0.2, 0.25) is 0 Å². The maximum Gasteiger partial charge on any atom is 0.254 e. The average molecular weight is 339 g/mol. The van der Waals surface area contributed by atoms with Crippen molar-refractivity contribution in [2.45, 2.75) is 25.7 Å². The molecule has 130 valence electrons. The van der Waals surface area contributed by atoms with E-state index in [1.54, 1.807) is 0 Å². The third-order valence-electron chi connectivity index (χ3n) is 6.03. The molecule has 0 aromatic carbocycles. The molecule has 4 aliphatic rings. The lowest BCUT2D eigenvalue weighted by Gasteiger charge is -2.25. The third kappa shape index (κ3) is 2.27. The van der Waals surface area contributed by atoms with Crippen molar-refractivity contribution in [3.63, 3.8) is 0 Å². The fraction of sp³-hybridized carbons (Fsp3) is 0.526. The smallest absolute Gasteiger partial charge is 0.254 e. The van der Waals surface area contributed by atoms with Gasteiger partial charge in [0, 0.05) is 19.2 Å². The van der Waals surface area contributed by atoms with Crippen LogP contribution in [-0.4, -0.2) is 36.1 Å². The lowest BCUT2D eigenvalue weighted by molar-refractivity contribution is -0.140. The molecule has 1 aromatic heterocycles. The number of furan rings is 1. The number of rotatable bonds is 3. The second kappa shape index (κ2) is 5.58. The highest BCUT2D eigenvalue weighted by atomic mass is 16.4. The molecule has 25 heavy (non-hydrogen) atoms. The minimum absolute atomic E-state index is 0.161. The molecule has 6 heteroatoms. The van der Waals surface area contributed by atoms with E-state index in [4.69, 9.17) is 4.42 Å². The highest BCUT2D eigenvalue weighted by Crippen LogP contribution is 2.52. The number of hydrogen-bond acceptors (Lipinski definition) is 5. The molecule has 0 spiro atoms. The zero-order valence-electron chi connectivity index (χ0n) is 14.0. The summed E-state index contributed by atoms with van der Waals surface area (Å²) >= 11 is 0. The summed E-state index contributed by atoms with van der Waals surface area (Å²) in [6, 6.07) is 3.77. The second-order valence-corrected chi connectivity index (χ2v) is 7.46. The lowest BCUT2D eigenvalue weighted by atomic mass is 9.85. The number of hydrogen-bond donors (Lipinski definition) is 0. The normalized spacial score (nSPS) is 33.9. The average Bonchev–Trinajstić information content (AvgIpc) is 3.40. The molecule has 4 atom stereocenters. The SMILES string of the molecule is O=C1[C@H]2[C@H](C(=O)N1/N=C\c1ccc(N3CCCCC3)o1)[C@H]1C=C[C@H]2C1. The number of fused-ring (bicyclic) bond motifs is 5. The van der Waals surface area contributed by atoms with Gasteiger partial charge in [-0.25, -0.2) is 0 Å². The Morgan fingerprint density at radius 2 is 1.68 bits per heavy atom. The molecular formula is C19H21N3O3. The summed E-state index contributed by atoms with van der Waals surface area (Å²) in [6.45, 7) is 2.01. The van der Waals surface area contributed by atoms with Crippen molar-refractivity contribution in [2.24, 2.45) is 28.8 Å². The number of hydrazone groups is 1. The Hall–Kier alpha value is -2.37. The Balaban J connectivity index is 1.32. The fourth-order valence-electron chi connectivity index (χ4n) is 4.81.